The molecule has 0 radical (unpaired) electrons. The van der Waals surface area contributed by atoms with Crippen LogP contribution >= 0.6 is 0 Å². The van der Waals surface area contributed by atoms with E-state index < -0.39 is 12.0 Å². The third-order valence-corrected chi connectivity index (χ3v) is 3.66. The number of aliphatic carboxylic acids is 1. The van der Waals surface area contributed by atoms with Crippen molar-refractivity contribution in [3.05, 3.63) is 0 Å². The maximum absolute atomic E-state index is 12.0. The Balaban J connectivity index is 2.39. The van der Waals surface area contributed by atoms with Crippen LogP contribution in [0.4, 0.5) is 4.79 Å². The quantitative estimate of drug-likeness (QED) is 0.746. The van der Waals surface area contributed by atoms with Crippen LogP contribution in [0.3, 0.4) is 0 Å². The second-order valence-corrected chi connectivity index (χ2v) is 5.42. The number of hydrogen-bond donors (Lipinski definition) is 2. The third-order valence-electron chi connectivity index (χ3n) is 3.66. The molecule has 1 fully saturated rings. The molecule has 2 amide bonds. The Kier molecular flexibility index (Phi) is 7.36. The highest BCUT2D eigenvalue weighted by Gasteiger charge is 2.23. The summed E-state index contributed by atoms with van der Waals surface area (Å²) in [6.45, 7) is 4.13. The Hall–Kier alpha value is -1.30. The summed E-state index contributed by atoms with van der Waals surface area (Å²) in [6.07, 6.45) is 4.09. The van der Waals surface area contributed by atoms with E-state index in [1.54, 1.807) is 11.9 Å². The molecule has 0 saturated carbocycles. The number of carboxylic acids is 1. The minimum absolute atomic E-state index is 0.306. The highest BCUT2D eigenvalue weighted by Crippen LogP contribution is 2.15. The average Bonchev–Trinajstić information content (AvgIpc) is 2.43. The van der Waals surface area contributed by atoms with Gasteiger partial charge in [0.15, 0.2) is 0 Å². The van der Waals surface area contributed by atoms with Gasteiger partial charge < -0.3 is 20.1 Å². The molecule has 20 heavy (non-hydrogen) atoms. The molecule has 6 nitrogen and oxygen atoms in total. The molecule has 0 spiro atoms. The summed E-state index contributed by atoms with van der Waals surface area (Å²) in [5.41, 5.74) is 0. The van der Waals surface area contributed by atoms with E-state index in [4.69, 9.17) is 9.84 Å². The van der Waals surface area contributed by atoms with Gasteiger partial charge in [0.2, 0.25) is 0 Å². The van der Waals surface area contributed by atoms with E-state index in [-0.39, 0.29) is 6.03 Å². The van der Waals surface area contributed by atoms with Gasteiger partial charge in [0.05, 0.1) is 0 Å². The molecule has 1 aliphatic heterocycles. The zero-order valence-electron chi connectivity index (χ0n) is 12.4. The number of ether oxygens (including phenoxy) is 1. The molecule has 1 atom stereocenters. The van der Waals surface area contributed by atoms with Crippen LogP contribution in [0.15, 0.2) is 0 Å². The number of unbranched alkanes of at least 4 members (excludes halogenated alkanes) is 1. The highest BCUT2D eigenvalue weighted by atomic mass is 16.5. The van der Waals surface area contributed by atoms with Gasteiger partial charge >= 0.3 is 12.0 Å². The van der Waals surface area contributed by atoms with Crippen molar-refractivity contribution >= 4 is 12.0 Å². The second-order valence-electron chi connectivity index (χ2n) is 5.42. The SMILES string of the molecule is CCCCC(NC(=O)N(C)CC1CCOCC1)C(=O)O. The van der Waals surface area contributed by atoms with Crippen molar-refractivity contribution in [1.82, 2.24) is 10.2 Å². The molecule has 0 aromatic carbocycles. The van der Waals surface area contributed by atoms with Crippen LogP contribution in [-0.2, 0) is 9.53 Å². The highest BCUT2D eigenvalue weighted by molar-refractivity contribution is 5.82. The lowest BCUT2D eigenvalue weighted by molar-refractivity contribution is -0.139. The number of carboxylic acid groups (broad SMARTS) is 1. The van der Waals surface area contributed by atoms with Crippen molar-refractivity contribution in [2.24, 2.45) is 5.92 Å². The molecule has 1 unspecified atom stereocenters. The third kappa shape index (κ3) is 5.77. The van der Waals surface area contributed by atoms with Crippen LogP contribution in [0.25, 0.3) is 0 Å². The topological polar surface area (TPSA) is 78.9 Å². The Morgan fingerprint density at radius 2 is 2.05 bits per heavy atom. The number of nitrogens with zero attached hydrogens (tertiary/aromatic N) is 1. The lowest BCUT2D eigenvalue weighted by Gasteiger charge is -2.28. The van der Waals surface area contributed by atoms with Crippen molar-refractivity contribution in [1.29, 1.82) is 0 Å². The maximum atomic E-state index is 12.0. The standard InChI is InChI=1S/C14H26N2O4/c1-3-4-5-12(13(17)18)15-14(19)16(2)10-11-6-8-20-9-7-11/h11-12H,3-10H2,1-2H3,(H,15,19)(H,17,18). The van der Waals surface area contributed by atoms with Gasteiger partial charge in [0.1, 0.15) is 6.04 Å². The molecule has 0 aliphatic carbocycles. The fourth-order valence-corrected chi connectivity index (χ4v) is 2.32. The summed E-state index contributed by atoms with van der Waals surface area (Å²) in [6, 6.07) is -1.10. The molecular weight excluding hydrogens is 260 g/mol. The Labute approximate surface area is 120 Å². The van der Waals surface area contributed by atoms with Crippen molar-refractivity contribution in [3.8, 4) is 0 Å². The lowest BCUT2D eigenvalue weighted by Crippen LogP contribution is -2.48. The van der Waals surface area contributed by atoms with Gasteiger partial charge in [0.25, 0.3) is 0 Å². The van der Waals surface area contributed by atoms with Crippen LogP contribution in [0.1, 0.15) is 39.0 Å². The fourth-order valence-electron chi connectivity index (χ4n) is 2.32. The minimum atomic E-state index is -0.966. The van der Waals surface area contributed by atoms with Gasteiger partial charge in [-0.05, 0) is 25.2 Å². The van der Waals surface area contributed by atoms with Gasteiger partial charge in [-0.25, -0.2) is 9.59 Å². The molecule has 116 valence electrons. The van der Waals surface area contributed by atoms with E-state index in [1.807, 2.05) is 6.92 Å². The average molecular weight is 286 g/mol. The number of urea groups is 1. The normalized spacial score (nSPS) is 17.5. The van der Waals surface area contributed by atoms with Crippen molar-refractivity contribution in [3.63, 3.8) is 0 Å². The number of carbonyl (C=O) groups excluding carboxylic acids is 1. The summed E-state index contributed by atoms with van der Waals surface area (Å²) in [7, 11) is 1.71. The van der Waals surface area contributed by atoms with Crippen LogP contribution in [-0.4, -0.2) is 54.9 Å². The molecule has 0 aromatic rings. The van der Waals surface area contributed by atoms with Crippen LogP contribution in [0.2, 0.25) is 0 Å². The predicted molar refractivity (Wildman–Crippen MR) is 75.7 cm³/mol. The molecule has 1 heterocycles. The van der Waals surface area contributed by atoms with E-state index in [9.17, 15) is 9.59 Å². The number of hydrogen-bond acceptors (Lipinski definition) is 3. The number of carbonyl (C=O) groups is 2. The molecule has 0 aromatic heterocycles. The van der Waals surface area contributed by atoms with E-state index in [0.29, 0.717) is 18.9 Å². The van der Waals surface area contributed by atoms with Crippen LogP contribution in [0, 0.1) is 5.92 Å². The fraction of sp³-hybridized carbons (Fsp3) is 0.857. The monoisotopic (exact) mass is 286 g/mol. The Morgan fingerprint density at radius 1 is 1.40 bits per heavy atom. The number of amides is 2. The van der Waals surface area contributed by atoms with Crippen molar-refractivity contribution < 1.29 is 19.4 Å². The molecule has 2 N–H and O–H groups in total. The molecule has 6 heteroatoms. The first-order valence-electron chi connectivity index (χ1n) is 7.36. The van der Waals surface area contributed by atoms with Gasteiger partial charge in [0, 0.05) is 26.8 Å². The summed E-state index contributed by atoms with van der Waals surface area (Å²) in [4.78, 5) is 24.7. The second kappa shape index (κ2) is 8.79. The first-order chi connectivity index (χ1) is 9.54. The van der Waals surface area contributed by atoms with E-state index >= 15 is 0 Å². The first kappa shape index (κ1) is 16.8. The van der Waals surface area contributed by atoms with Gasteiger partial charge in [-0.2, -0.15) is 0 Å². The predicted octanol–water partition coefficient (Wildman–Crippen LogP) is 1.70. The van der Waals surface area contributed by atoms with Crippen LogP contribution in [0.5, 0.6) is 0 Å². The molecular formula is C14H26N2O4. The zero-order valence-corrected chi connectivity index (χ0v) is 12.4. The largest absolute Gasteiger partial charge is 0.480 e. The summed E-state index contributed by atoms with van der Waals surface area (Å²) >= 11 is 0. The zero-order chi connectivity index (χ0) is 15.0. The first-order valence-corrected chi connectivity index (χ1v) is 7.36. The summed E-state index contributed by atoms with van der Waals surface area (Å²) < 4.78 is 5.29. The Morgan fingerprint density at radius 3 is 2.60 bits per heavy atom. The van der Waals surface area contributed by atoms with E-state index in [2.05, 4.69) is 5.32 Å². The lowest BCUT2D eigenvalue weighted by atomic mass is 10.00. The van der Waals surface area contributed by atoms with Crippen molar-refractivity contribution in [2.45, 2.75) is 45.1 Å². The van der Waals surface area contributed by atoms with Crippen LogP contribution < -0.4 is 5.32 Å². The Bertz CT molecular complexity index is 316. The minimum Gasteiger partial charge on any atom is -0.480 e. The van der Waals surface area contributed by atoms with E-state index in [1.165, 1.54) is 0 Å². The summed E-state index contributed by atoms with van der Waals surface area (Å²) in [5.74, 6) is -0.523. The molecule has 1 rings (SSSR count). The molecule has 1 saturated heterocycles. The van der Waals surface area contributed by atoms with Crippen molar-refractivity contribution in [2.75, 3.05) is 26.8 Å². The molecule has 0 bridgehead atoms. The van der Waals surface area contributed by atoms with Gasteiger partial charge in [-0.3, -0.25) is 0 Å². The van der Waals surface area contributed by atoms with Gasteiger partial charge in [-0.15, -0.1) is 0 Å². The molecule has 1 aliphatic rings. The van der Waals surface area contributed by atoms with Gasteiger partial charge in [-0.1, -0.05) is 19.8 Å². The maximum Gasteiger partial charge on any atom is 0.326 e. The smallest absolute Gasteiger partial charge is 0.326 e. The number of rotatable bonds is 7. The van der Waals surface area contributed by atoms with E-state index in [0.717, 1.165) is 38.9 Å². The summed E-state index contributed by atoms with van der Waals surface area (Å²) in [5, 5.41) is 11.7. The number of nitrogens with one attached hydrogen (secondary N) is 1.